The van der Waals surface area contributed by atoms with Crippen LogP contribution >= 0.6 is 34.3 Å². The highest BCUT2D eigenvalue weighted by Crippen LogP contribution is 2.33. The SMILES string of the molecule is CN(C1CCCC1)S(=O)(=O)c1ccc(C(=O)Nc2nc(-c3ccc(Cl)s3)cs2)cc1. The first-order valence-corrected chi connectivity index (χ1v) is 13.0. The number of rotatable bonds is 6. The van der Waals surface area contributed by atoms with Crippen molar-refractivity contribution in [1.82, 2.24) is 9.29 Å². The number of carbonyl (C=O) groups excluding carboxylic acids is 1. The summed E-state index contributed by atoms with van der Waals surface area (Å²) in [4.78, 5) is 18.1. The number of nitrogens with one attached hydrogen (secondary N) is 1. The Bertz CT molecular complexity index is 1150. The molecule has 1 fully saturated rings. The molecule has 1 aliphatic carbocycles. The summed E-state index contributed by atoms with van der Waals surface area (Å²) in [6.07, 6.45) is 3.90. The van der Waals surface area contributed by atoms with Crippen LogP contribution in [0.4, 0.5) is 5.13 Å². The maximum absolute atomic E-state index is 12.8. The summed E-state index contributed by atoms with van der Waals surface area (Å²) < 4.78 is 27.8. The lowest BCUT2D eigenvalue weighted by molar-refractivity contribution is 0.102. The second-order valence-corrected chi connectivity index (χ2v) is 11.7. The Morgan fingerprint density at radius 1 is 1.17 bits per heavy atom. The summed E-state index contributed by atoms with van der Waals surface area (Å²) in [5, 5.41) is 5.08. The number of benzene rings is 1. The molecule has 30 heavy (non-hydrogen) atoms. The zero-order valence-electron chi connectivity index (χ0n) is 16.2. The van der Waals surface area contributed by atoms with E-state index in [9.17, 15) is 13.2 Å². The molecule has 0 aliphatic heterocycles. The van der Waals surface area contributed by atoms with Gasteiger partial charge in [0.1, 0.15) is 0 Å². The molecule has 1 saturated carbocycles. The number of halogens is 1. The Hall–Kier alpha value is -1.78. The van der Waals surface area contributed by atoms with Crippen LogP contribution in [-0.4, -0.2) is 36.7 Å². The predicted molar refractivity (Wildman–Crippen MR) is 122 cm³/mol. The van der Waals surface area contributed by atoms with Crippen LogP contribution in [0.2, 0.25) is 4.34 Å². The molecule has 158 valence electrons. The fourth-order valence-corrected chi connectivity index (χ4v) is 6.67. The molecule has 1 aromatic carbocycles. The predicted octanol–water partition coefficient (Wildman–Crippen LogP) is 5.34. The van der Waals surface area contributed by atoms with E-state index in [1.807, 2.05) is 11.4 Å². The van der Waals surface area contributed by atoms with E-state index in [0.29, 0.717) is 15.0 Å². The standard InChI is InChI=1S/C20H20ClN3O3S3/c1-24(14-4-2-3-5-14)30(26,27)15-8-6-13(7-9-15)19(25)23-20-22-16(12-28-20)17-10-11-18(21)29-17/h6-12,14H,2-5H2,1H3,(H,22,23,25). The molecule has 1 aliphatic rings. The van der Waals surface area contributed by atoms with Gasteiger partial charge < -0.3 is 0 Å². The van der Waals surface area contributed by atoms with E-state index in [-0.39, 0.29) is 16.8 Å². The van der Waals surface area contributed by atoms with Gasteiger partial charge in [-0.05, 0) is 49.2 Å². The highest BCUT2D eigenvalue weighted by Gasteiger charge is 2.30. The first kappa shape index (κ1) is 21.5. The number of carbonyl (C=O) groups is 1. The number of sulfonamides is 1. The van der Waals surface area contributed by atoms with Crippen LogP contribution in [-0.2, 0) is 10.0 Å². The van der Waals surface area contributed by atoms with Gasteiger partial charge in [-0.3, -0.25) is 10.1 Å². The molecule has 0 spiro atoms. The summed E-state index contributed by atoms with van der Waals surface area (Å²) >= 11 is 8.70. The van der Waals surface area contributed by atoms with Crippen molar-refractivity contribution in [2.75, 3.05) is 12.4 Å². The molecular formula is C20H20ClN3O3S3. The minimum absolute atomic E-state index is 0.0512. The van der Waals surface area contributed by atoms with Crippen molar-refractivity contribution >= 4 is 55.3 Å². The molecule has 2 heterocycles. The number of hydrogen-bond acceptors (Lipinski definition) is 6. The number of nitrogens with zero attached hydrogens (tertiary/aromatic N) is 2. The summed E-state index contributed by atoms with van der Waals surface area (Å²) in [6.45, 7) is 0. The van der Waals surface area contributed by atoms with Gasteiger partial charge in [0.25, 0.3) is 5.91 Å². The largest absolute Gasteiger partial charge is 0.298 e. The Morgan fingerprint density at radius 2 is 1.87 bits per heavy atom. The van der Waals surface area contributed by atoms with Gasteiger partial charge >= 0.3 is 0 Å². The van der Waals surface area contributed by atoms with Gasteiger partial charge in [-0.25, -0.2) is 13.4 Å². The fraction of sp³-hybridized carbons (Fsp3) is 0.300. The smallest absolute Gasteiger partial charge is 0.257 e. The van der Waals surface area contributed by atoms with Crippen molar-refractivity contribution in [3.8, 4) is 10.6 Å². The van der Waals surface area contributed by atoms with Gasteiger partial charge in [-0.1, -0.05) is 24.4 Å². The molecule has 6 nitrogen and oxygen atoms in total. The Morgan fingerprint density at radius 3 is 2.50 bits per heavy atom. The molecule has 4 rings (SSSR count). The lowest BCUT2D eigenvalue weighted by atomic mass is 10.2. The van der Waals surface area contributed by atoms with Gasteiger partial charge in [0.2, 0.25) is 10.0 Å². The normalized spacial score (nSPS) is 15.0. The minimum Gasteiger partial charge on any atom is -0.298 e. The van der Waals surface area contributed by atoms with Crippen molar-refractivity contribution in [2.45, 2.75) is 36.6 Å². The van der Waals surface area contributed by atoms with Gasteiger partial charge in [0.05, 0.1) is 19.8 Å². The van der Waals surface area contributed by atoms with E-state index >= 15 is 0 Å². The van der Waals surface area contributed by atoms with Crippen LogP contribution < -0.4 is 5.32 Å². The maximum atomic E-state index is 12.8. The lowest BCUT2D eigenvalue weighted by Gasteiger charge is -2.23. The van der Waals surface area contributed by atoms with Crippen molar-refractivity contribution in [1.29, 1.82) is 0 Å². The van der Waals surface area contributed by atoms with Gasteiger partial charge in [0, 0.05) is 24.0 Å². The Kier molecular flexibility index (Phi) is 6.26. The van der Waals surface area contributed by atoms with E-state index in [1.165, 1.54) is 51.2 Å². The number of thiazole rings is 1. The third-order valence-electron chi connectivity index (χ3n) is 5.18. The molecule has 0 saturated heterocycles. The quantitative estimate of drug-likeness (QED) is 0.515. The number of amides is 1. The monoisotopic (exact) mass is 481 g/mol. The van der Waals surface area contributed by atoms with Crippen molar-refractivity contribution in [3.05, 3.63) is 51.7 Å². The second kappa shape index (κ2) is 8.76. The zero-order chi connectivity index (χ0) is 21.3. The molecule has 0 unspecified atom stereocenters. The zero-order valence-corrected chi connectivity index (χ0v) is 19.4. The minimum atomic E-state index is -3.57. The highest BCUT2D eigenvalue weighted by molar-refractivity contribution is 7.89. The molecule has 1 amide bonds. The van der Waals surface area contributed by atoms with Crippen LogP contribution in [0.5, 0.6) is 0 Å². The average Bonchev–Trinajstić information content (AvgIpc) is 3.49. The molecule has 0 atom stereocenters. The van der Waals surface area contributed by atoms with Crippen molar-refractivity contribution < 1.29 is 13.2 Å². The van der Waals surface area contributed by atoms with Crippen LogP contribution in [0, 0.1) is 0 Å². The first-order valence-electron chi connectivity index (χ1n) is 9.45. The Balaban J connectivity index is 1.45. The molecule has 2 aromatic heterocycles. The first-order chi connectivity index (χ1) is 14.3. The van der Waals surface area contributed by atoms with Crippen molar-refractivity contribution in [3.63, 3.8) is 0 Å². The third kappa shape index (κ3) is 4.45. The maximum Gasteiger partial charge on any atom is 0.257 e. The van der Waals surface area contributed by atoms with Crippen LogP contribution in [0.15, 0.2) is 46.7 Å². The van der Waals surface area contributed by atoms with E-state index in [4.69, 9.17) is 11.6 Å². The molecule has 10 heteroatoms. The van der Waals surface area contributed by atoms with Gasteiger partial charge in [-0.2, -0.15) is 4.31 Å². The topological polar surface area (TPSA) is 79.4 Å². The highest BCUT2D eigenvalue weighted by atomic mass is 35.5. The number of thiophene rings is 1. The molecular weight excluding hydrogens is 462 g/mol. The number of anilines is 1. The summed E-state index contributed by atoms with van der Waals surface area (Å²) in [5.41, 5.74) is 1.12. The van der Waals surface area contributed by atoms with Crippen LogP contribution in [0.1, 0.15) is 36.0 Å². The lowest BCUT2D eigenvalue weighted by Crippen LogP contribution is -2.35. The van der Waals surface area contributed by atoms with Crippen LogP contribution in [0.25, 0.3) is 10.6 Å². The van der Waals surface area contributed by atoms with E-state index in [1.54, 1.807) is 13.1 Å². The molecule has 1 N–H and O–H groups in total. The van der Waals surface area contributed by atoms with Crippen LogP contribution in [0.3, 0.4) is 0 Å². The summed E-state index contributed by atoms with van der Waals surface area (Å²) in [7, 11) is -1.94. The van der Waals surface area contributed by atoms with E-state index < -0.39 is 10.0 Å². The Labute approximate surface area is 188 Å². The third-order valence-corrected chi connectivity index (χ3v) is 9.12. The summed E-state index contributed by atoms with van der Waals surface area (Å²) in [5.74, 6) is -0.340. The van der Waals surface area contributed by atoms with E-state index in [2.05, 4.69) is 10.3 Å². The molecule has 0 radical (unpaired) electrons. The average molecular weight is 482 g/mol. The van der Waals surface area contributed by atoms with Gasteiger partial charge in [-0.15, -0.1) is 22.7 Å². The van der Waals surface area contributed by atoms with E-state index in [0.717, 1.165) is 36.3 Å². The number of hydrogen-bond donors (Lipinski definition) is 1. The van der Waals surface area contributed by atoms with Gasteiger partial charge in [0.15, 0.2) is 5.13 Å². The molecule has 0 bridgehead atoms. The summed E-state index contributed by atoms with van der Waals surface area (Å²) in [6, 6.07) is 9.76. The second-order valence-electron chi connectivity index (χ2n) is 7.08. The molecule has 3 aromatic rings. The number of aromatic nitrogens is 1. The van der Waals surface area contributed by atoms with Crippen molar-refractivity contribution in [2.24, 2.45) is 0 Å². The fourth-order valence-electron chi connectivity index (χ4n) is 3.47.